The summed E-state index contributed by atoms with van der Waals surface area (Å²) >= 11 is 0. The van der Waals surface area contributed by atoms with E-state index in [1.165, 1.54) is 0 Å². The van der Waals surface area contributed by atoms with Crippen LogP contribution in [-0.2, 0) is 19.8 Å². The number of hydrogen-bond acceptors (Lipinski definition) is 3. The van der Waals surface area contributed by atoms with Crippen molar-refractivity contribution >= 4 is 27.6 Å². The number of aromatic nitrogens is 1. The molecule has 1 aliphatic rings. The highest BCUT2D eigenvalue weighted by molar-refractivity contribution is 6.15. The zero-order valence-electron chi connectivity index (χ0n) is 26.0. The maximum atomic E-state index is 10.5. The van der Waals surface area contributed by atoms with Gasteiger partial charge >= 0.3 is 0 Å². The largest absolute Gasteiger partial charge is 0.454 e. The molecular formula is C33H32N3O+. The van der Waals surface area contributed by atoms with Crippen LogP contribution in [0.2, 0.25) is 0 Å². The molecule has 0 amide bonds. The van der Waals surface area contributed by atoms with Gasteiger partial charge in [0.05, 0.1) is 16.8 Å². The van der Waals surface area contributed by atoms with E-state index in [0.717, 1.165) is 38.9 Å². The average molecular weight is 491 g/mol. The van der Waals surface area contributed by atoms with Gasteiger partial charge in [0.15, 0.2) is 6.20 Å². The highest BCUT2D eigenvalue weighted by atomic mass is 16.3. The van der Waals surface area contributed by atoms with Gasteiger partial charge in [0.25, 0.3) is 0 Å². The SMILES string of the molecule is [2H]C1([2H])c2ccc(-c3c(C#N)c(N(C)C)cc4c3oc3c(-c5cccc[n+]5C)c(C)ccc34)cc2C([2H])([2H])C1(C)C. The Morgan fingerprint density at radius 1 is 0.973 bits per heavy atom. The minimum absolute atomic E-state index is 0.307. The van der Waals surface area contributed by atoms with Gasteiger partial charge in [0.2, 0.25) is 5.69 Å². The molecule has 0 bridgehead atoms. The quantitative estimate of drug-likeness (QED) is 0.253. The molecule has 0 aliphatic heterocycles. The maximum absolute atomic E-state index is 10.5. The monoisotopic (exact) mass is 490 g/mol. The zero-order valence-corrected chi connectivity index (χ0v) is 22.0. The molecule has 0 spiro atoms. The van der Waals surface area contributed by atoms with Crippen LogP contribution in [0.1, 0.15) is 41.6 Å². The van der Waals surface area contributed by atoms with Crippen LogP contribution < -0.4 is 9.47 Å². The number of anilines is 1. The van der Waals surface area contributed by atoms with Gasteiger partial charge < -0.3 is 9.32 Å². The fourth-order valence-electron chi connectivity index (χ4n) is 5.52. The van der Waals surface area contributed by atoms with Crippen molar-refractivity contribution in [1.82, 2.24) is 0 Å². The van der Waals surface area contributed by atoms with Crippen LogP contribution in [0.25, 0.3) is 44.3 Å². The number of fused-ring (bicyclic) bond motifs is 4. The van der Waals surface area contributed by atoms with Crippen molar-refractivity contribution in [2.75, 3.05) is 19.0 Å². The van der Waals surface area contributed by atoms with Crippen molar-refractivity contribution in [3.8, 4) is 28.5 Å². The van der Waals surface area contributed by atoms with E-state index >= 15 is 0 Å². The third-order valence-electron chi connectivity index (χ3n) is 7.23. The van der Waals surface area contributed by atoms with Crippen LogP contribution in [0, 0.1) is 23.7 Å². The van der Waals surface area contributed by atoms with Crippen molar-refractivity contribution in [3.63, 3.8) is 0 Å². The molecular weight excluding hydrogens is 454 g/mol. The highest BCUT2D eigenvalue weighted by Gasteiger charge is 2.30. The Labute approximate surface area is 224 Å². The summed E-state index contributed by atoms with van der Waals surface area (Å²) in [5, 5.41) is 12.2. The number of benzene rings is 3. The Morgan fingerprint density at radius 2 is 1.73 bits per heavy atom. The maximum Gasteiger partial charge on any atom is 0.216 e. The first-order valence-corrected chi connectivity index (χ1v) is 12.4. The minimum atomic E-state index is -1.92. The summed E-state index contributed by atoms with van der Waals surface area (Å²) in [7, 11) is 5.79. The molecule has 2 heterocycles. The fraction of sp³-hybridized carbons (Fsp3) is 0.273. The molecule has 0 fully saturated rings. The molecule has 3 aromatic carbocycles. The smallest absolute Gasteiger partial charge is 0.216 e. The Balaban J connectivity index is 1.75. The molecule has 5 aromatic rings. The van der Waals surface area contributed by atoms with E-state index in [4.69, 9.17) is 9.90 Å². The van der Waals surface area contributed by atoms with Crippen LogP contribution in [0.3, 0.4) is 0 Å². The molecule has 0 saturated heterocycles. The Bertz CT molecular complexity index is 1950. The summed E-state index contributed by atoms with van der Waals surface area (Å²) in [6.07, 6.45) is -1.79. The number of pyridine rings is 1. The number of nitriles is 1. The second-order valence-electron chi connectivity index (χ2n) is 10.6. The van der Waals surface area contributed by atoms with E-state index in [-0.39, 0.29) is 0 Å². The highest BCUT2D eigenvalue weighted by Crippen LogP contribution is 2.46. The number of hydrogen-bond donors (Lipinski definition) is 0. The van der Waals surface area contributed by atoms with Crippen LogP contribution in [-0.4, -0.2) is 14.1 Å². The number of aryl methyl sites for hydroxylation is 2. The van der Waals surface area contributed by atoms with Gasteiger partial charge in [-0.25, -0.2) is 4.57 Å². The third kappa shape index (κ3) is 3.61. The lowest BCUT2D eigenvalue weighted by atomic mass is 9.90. The van der Waals surface area contributed by atoms with Crippen LogP contribution in [0.15, 0.2) is 65.2 Å². The van der Waals surface area contributed by atoms with Crippen molar-refractivity contribution in [3.05, 3.63) is 83.0 Å². The van der Waals surface area contributed by atoms with Gasteiger partial charge in [-0.05, 0) is 59.5 Å². The summed E-state index contributed by atoms with van der Waals surface area (Å²) in [6.45, 7) is 5.32. The Kier molecular flexibility index (Phi) is 4.23. The third-order valence-corrected chi connectivity index (χ3v) is 7.23. The molecule has 2 aromatic heterocycles. The van der Waals surface area contributed by atoms with Gasteiger partial charge in [-0.15, -0.1) is 0 Å². The van der Waals surface area contributed by atoms with Crippen molar-refractivity contribution < 1.29 is 14.5 Å². The molecule has 4 heteroatoms. The van der Waals surface area contributed by atoms with Gasteiger partial charge in [-0.3, -0.25) is 0 Å². The predicted molar refractivity (Wildman–Crippen MR) is 151 cm³/mol. The standard InChI is InChI=1S/C33H32N3O/c1-20-10-13-24-25-16-28(35(4)5)26(19-34)30(21-11-12-22-17-33(2,3)18-23(22)15-21)32(25)37-31(24)29(20)27-9-7-8-14-36(27)6/h7-16H,17-18H2,1-6H3/q+1/i17D2,18D2. The second-order valence-corrected chi connectivity index (χ2v) is 10.6. The lowest BCUT2D eigenvalue weighted by molar-refractivity contribution is -0.660. The molecule has 0 N–H and O–H groups in total. The first-order chi connectivity index (χ1) is 19.2. The molecule has 184 valence electrons. The van der Waals surface area contributed by atoms with Crippen LogP contribution >= 0.6 is 0 Å². The lowest BCUT2D eigenvalue weighted by Gasteiger charge is -2.18. The van der Waals surface area contributed by atoms with E-state index in [0.29, 0.717) is 33.4 Å². The average Bonchev–Trinajstić information content (AvgIpc) is 3.33. The molecule has 4 nitrogen and oxygen atoms in total. The van der Waals surface area contributed by atoms with Crippen molar-refractivity contribution in [2.24, 2.45) is 12.5 Å². The van der Waals surface area contributed by atoms with Gasteiger partial charge in [0.1, 0.15) is 24.3 Å². The van der Waals surface area contributed by atoms with E-state index in [9.17, 15) is 5.26 Å². The first kappa shape index (κ1) is 19.1. The minimum Gasteiger partial charge on any atom is -0.454 e. The molecule has 6 rings (SSSR count). The summed E-state index contributed by atoms with van der Waals surface area (Å²) < 4.78 is 44.2. The summed E-state index contributed by atoms with van der Waals surface area (Å²) in [5.41, 5.74) is 6.01. The normalized spacial score (nSPS) is 18.5. The molecule has 0 unspecified atom stereocenters. The van der Waals surface area contributed by atoms with Crippen LogP contribution in [0.5, 0.6) is 0 Å². The molecule has 37 heavy (non-hydrogen) atoms. The zero-order chi connectivity index (χ0) is 29.6. The molecule has 1 aliphatic carbocycles. The Morgan fingerprint density at radius 3 is 2.46 bits per heavy atom. The second kappa shape index (κ2) is 8.21. The van der Waals surface area contributed by atoms with E-state index in [1.807, 2.05) is 50.4 Å². The van der Waals surface area contributed by atoms with Gasteiger partial charge in [0, 0.05) is 48.0 Å². The summed E-state index contributed by atoms with van der Waals surface area (Å²) in [6, 6.07) is 19.7. The number of nitrogens with zero attached hydrogens (tertiary/aromatic N) is 3. The predicted octanol–water partition coefficient (Wildman–Crippen LogP) is 7.12. The molecule has 0 radical (unpaired) electrons. The molecule has 0 atom stereocenters. The summed E-state index contributed by atoms with van der Waals surface area (Å²) in [5.74, 6) is 0. The van der Waals surface area contributed by atoms with Crippen molar-refractivity contribution in [2.45, 2.75) is 33.5 Å². The Hall–Kier alpha value is -4.10. The van der Waals surface area contributed by atoms with Crippen molar-refractivity contribution in [1.29, 1.82) is 5.26 Å². The van der Waals surface area contributed by atoms with E-state index in [1.54, 1.807) is 32.0 Å². The van der Waals surface area contributed by atoms with Gasteiger partial charge in [-0.1, -0.05) is 44.2 Å². The first-order valence-electron chi connectivity index (χ1n) is 14.4. The van der Waals surface area contributed by atoms with E-state index < -0.39 is 18.2 Å². The summed E-state index contributed by atoms with van der Waals surface area (Å²) in [4.78, 5) is 1.90. The van der Waals surface area contributed by atoms with E-state index in [2.05, 4.69) is 35.8 Å². The number of rotatable bonds is 3. The van der Waals surface area contributed by atoms with Gasteiger partial charge in [-0.2, -0.15) is 5.26 Å². The molecule has 0 saturated carbocycles. The van der Waals surface area contributed by atoms with Crippen LogP contribution in [0.4, 0.5) is 5.69 Å². The number of furan rings is 1. The topological polar surface area (TPSA) is 44.1 Å². The lowest BCUT2D eigenvalue weighted by Crippen LogP contribution is -2.30. The fourth-order valence-corrected chi connectivity index (χ4v) is 5.52.